The van der Waals surface area contributed by atoms with E-state index in [1.807, 2.05) is 37.3 Å². The van der Waals surface area contributed by atoms with Crippen molar-refractivity contribution in [2.75, 3.05) is 0 Å². The second-order valence-corrected chi connectivity index (χ2v) is 7.74. The van der Waals surface area contributed by atoms with Crippen LogP contribution in [0, 0.1) is 27.7 Å². The molecule has 0 bridgehead atoms. The molecule has 0 aliphatic carbocycles. The number of carbonyl (C=O) groups is 1. The molecule has 0 aliphatic heterocycles. The maximum atomic E-state index is 13.1. The van der Waals surface area contributed by atoms with Gasteiger partial charge in [-0.05, 0) is 75.0 Å². The molecule has 0 saturated carbocycles. The second kappa shape index (κ2) is 8.83. The second-order valence-electron chi connectivity index (χ2n) is 6.50. The predicted molar refractivity (Wildman–Crippen MR) is 117 cm³/mol. The Kier molecular flexibility index (Phi) is 7.02. The minimum atomic E-state index is 0. The number of carbonyl (C=O) groups excluding carboxylic acids is 1. The Bertz CT molecular complexity index is 932. The van der Waals surface area contributed by atoms with Crippen molar-refractivity contribution >= 4 is 38.3 Å². The molecular formula is C23H24LiOP. The summed E-state index contributed by atoms with van der Waals surface area (Å²) in [5.41, 5.74) is 8.09. The SMILES string of the molecule is Cc1cc(C)c(C(=O)Pc2ccccc2-c2ccccc2)c(C)c1C.[LiH]. The van der Waals surface area contributed by atoms with Gasteiger partial charge in [-0.2, -0.15) is 0 Å². The van der Waals surface area contributed by atoms with Crippen LogP contribution in [0.3, 0.4) is 0 Å². The van der Waals surface area contributed by atoms with Gasteiger partial charge in [-0.3, -0.25) is 4.79 Å². The van der Waals surface area contributed by atoms with Crippen LogP contribution in [0.2, 0.25) is 0 Å². The standard InChI is InChI=1S/C23H23OP.Li.H/c1-15-14-16(2)22(18(4)17(15)3)23(24)25-21-13-9-8-12-20(21)19-10-6-5-7-11-19;;/h5-14,25H,1-4H3;;. The molecule has 0 heterocycles. The number of hydrogen-bond donors (Lipinski definition) is 0. The summed E-state index contributed by atoms with van der Waals surface area (Å²) in [6.45, 7) is 8.31. The molecule has 1 nitrogen and oxygen atoms in total. The summed E-state index contributed by atoms with van der Waals surface area (Å²) in [4.78, 5) is 13.1. The van der Waals surface area contributed by atoms with Crippen molar-refractivity contribution in [3.8, 4) is 11.1 Å². The van der Waals surface area contributed by atoms with Crippen molar-refractivity contribution < 1.29 is 4.79 Å². The third kappa shape index (κ3) is 4.19. The van der Waals surface area contributed by atoms with Crippen molar-refractivity contribution in [2.24, 2.45) is 0 Å². The van der Waals surface area contributed by atoms with E-state index in [2.05, 4.69) is 51.1 Å². The molecule has 0 fully saturated rings. The van der Waals surface area contributed by atoms with E-state index in [1.165, 1.54) is 11.1 Å². The van der Waals surface area contributed by atoms with E-state index in [-0.39, 0.29) is 33.0 Å². The van der Waals surface area contributed by atoms with Crippen LogP contribution in [0.25, 0.3) is 11.1 Å². The first-order valence-electron chi connectivity index (χ1n) is 8.52. The molecule has 0 saturated heterocycles. The molecular weight excluding hydrogens is 330 g/mol. The summed E-state index contributed by atoms with van der Waals surface area (Å²) in [5.74, 6) is 0. The van der Waals surface area contributed by atoms with Gasteiger partial charge in [-0.1, -0.05) is 60.7 Å². The molecule has 3 heteroatoms. The molecule has 0 amide bonds. The van der Waals surface area contributed by atoms with Crippen LogP contribution >= 0.6 is 8.58 Å². The summed E-state index contributed by atoms with van der Waals surface area (Å²) in [6, 6.07) is 20.6. The van der Waals surface area contributed by atoms with Gasteiger partial charge in [0.2, 0.25) is 0 Å². The van der Waals surface area contributed by atoms with Crippen molar-refractivity contribution in [3.05, 3.63) is 88.5 Å². The number of hydrogen-bond acceptors (Lipinski definition) is 1. The Morgan fingerprint density at radius 2 is 1.38 bits per heavy atom. The van der Waals surface area contributed by atoms with E-state index < -0.39 is 0 Å². The van der Waals surface area contributed by atoms with Crippen LogP contribution < -0.4 is 5.30 Å². The zero-order chi connectivity index (χ0) is 18.0. The number of benzene rings is 3. The van der Waals surface area contributed by atoms with E-state index in [4.69, 9.17) is 0 Å². The predicted octanol–water partition coefficient (Wildman–Crippen LogP) is 5.08. The first-order valence-corrected chi connectivity index (χ1v) is 9.52. The Balaban J connectivity index is 0.00000243. The third-order valence-corrected chi connectivity index (χ3v) is 6.03. The summed E-state index contributed by atoms with van der Waals surface area (Å²) in [5, 5.41) is 1.11. The van der Waals surface area contributed by atoms with Gasteiger partial charge in [0.05, 0.1) is 0 Å². The molecule has 26 heavy (non-hydrogen) atoms. The normalized spacial score (nSPS) is 10.8. The van der Waals surface area contributed by atoms with Crippen molar-refractivity contribution in [3.63, 3.8) is 0 Å². The average molecular weight is 354 g/mol. The van der Waals surface area contributed by atoms with Gasteiger partial charge in [0.15, 0.2) is 5.52 Å². The van der Waals surface area contributed by atoms with E-state index in [0.29, 0.717) is 0 Å². The monoisotopic (exact) mass is 354 g/mol. The van der Waals surface area contributed by atoms with Gasteiger partial charge in [-0.15, -0.1) is 0 Å². The summed E-state index contributed by atoms with van der Waals surface area (Å²) in [6.07, 6.45) is 0. The Labute approximate surface area is 170 Å². The summed E-state index contributed by atoms with van der Waals surface area (Å²) in [7, 11) is 0.127. The third-order valence-electron chi connectivity index (χ3n) is 4.84. The van der Waals surface area contributed by atoms with Crippen LogP contribution in [0.4, 0.5) is 0 Å². The molecule has 1 unspecified atom stereocenters. The molecule has 1 atom stereocenters. The van der Waals surface area contributed by atoms with Crippen molar-refractivity contribution in [1.29, 1.82) is 0 Å². The van der Waals surface area contributed by atoms with Crippen LogP contribution in [0.1, 0.15) is 32.6 Å². The Hall–Kier alpha value is -1.64. The molecule has 0 aromatic heterocycles. The van der Waals surface area contributed by atoms with E-state index in [9.17, 15) is 4.79 Å². The van der Waals surface area contributed by atoms with Crippen molar-refractivity contribution in [2.45, 2.75) is 27.7 Å². The molecule has 128 valence electrons. The molecule has 0 radical (unpaired) electrons. The van der Waals surface area contributed by atoms with Gasteiger partial charge in [0.1, 0.15) is 0 Å². The fraction of sp³-hybridized carbons (Fsp3) is 0.174. The van der Waals surface area contributed by atoms with E-state index >= 15 is 0 Å². The topological polar surface area (TPSA) is 17.1 Å². The molecule has 0 N–H and O–H groups in total. The Morgan fingerprint density at radius 3 is 2.08 bits per heavy atom. The number of aryl methyl sites for hydroxylation is 2. The van der Waals surface area contributed by atoms with Gasteiger partial charge < -0.3 is 0 Å². The molecule has 3 aromatic carbocycles. The fourth-order valence-electron chi connectivity index (χ4n) is 3.28. The van der Waals surface area contributed by atoms with Crippen LogP contribution in [0.5, 0.6) is 0 Å². The molecule has 3 aromatic rings. The fourth-order valence-corrected chi connectivity index (χ4v) is 4.58. The van der Waals surface area contributed by atoms with Crippen molar-refractivity contribution in [1.82, 2.24) is 0 Å². The zero-order valence-corrected chi connectivity index (χ0v) is 16.2. The quantitative estimate of drug-likeness (QED) is 0.471. The maximum absolute atomic E-state index is 13.1. The summed E-state index contributed by atoms with van der Waals surface area (Å²) < 4.78 is 0. The van der Waals surface area contributed by atoms with Crippen LogP contribution in [-0.2, 0) is 0 Å². The van der Waals surface area contributed by atoms with Gasteiger partial charge in [-0.25, -0.2) is 0 Å². The summed E-state index contributed by atoms with van der Waals surface area (Å²) >= 11 is 0. The van der Waals surface area contributed by atoms with Gasteiger partial charge >= 0.3 is 18.9 Å². The Morgan fingerprint density at radius 1 is 0.769 bits per heavy atom. The molecule has 3 rings (SSSR count). The van der Waals surface area contributed by atoms with Crippen LogP contribution in [0.15, 0.2) is 60.7 Å². The average Bonchev–Trinajstić information content (AvgIpc) is 2.61. The minimum absolute atomic E-state index is 0. The van der Waals surface area contributed by atoms with E-state index in [0.717, 1.165) is 33.1 Å². The molecule has 0 spiro atoms. The van der Waals surface area contributed by atoms with Gasteiger partial charge in [0, 0.05) is 5.56 Å². The first-order chi connectivity index (χ1) is 12.0. The zero-order valence-electron chi connectivity index (χ0n) is 15.2. The number of rotatable bonds is 4. The first kappa shape index (κ1) is 20.7. The molecule has 0 aliphatic rings. The van der Waals surface area contributed by atoms with Gasteiger partial charge in [0.25, 0.3) is 0 Å². The van der Waals surface area contributed by atoms with Crippen LogP contribution in [-0.4, -0.2) is 24.4 Å². The van der Waals surface area contributed by atoms with E-state index in [1.54, 1.807) is 0 Å².